The van der Waals surface area contributed by atoms with E-state index in [0.717, 1.165) is 36.3 Å². The quantitative estimate of drug-likeness (QED) is 0.555. The second-order valence-electron chi connectivity index (χ2n) is 7.98. The van der Waals surface area contributed by atoms with Crippen LogP contribution in [0.4, 0.5) is 4.39 Å². The van der Waals surface area contributed by atoms with Crippen LogP contribution in [0, 0.1) is 11.7 Å². The zero-order valence-electron chi connectivity index (χ0n) is 18.7. The van der Waals surface area contributed by atoms with E-state index in [2.05, 4.69) is 31.1 Å². The van der Waals surface area contributed by atoms with Crippen molar-refractivity contribution in [1.82, 2.24) is 4.90 Å². The second kappa shape index (κ2) is 10.4. The minimum Gasteiger partial charge on any atom is -0.497 e. The Morgan fingerprint density at radius 3 is 2.71 bits per heavy atom. The largest absolute Gasteiger partial charge is 0.497 e. The maximum Gasteiger partial charge on any atom is 0.341 e. The summed E-state index contributed by atoms with van der Waals surface area (Å²) in [5.41, 5.74) is 3.72. The van der Waals surface area contributed by atoms with E-state index in [0.29, 0.717) is 11.5 Å². The number of ether oxygens (including phenoxy) is 2. The molecule has 0 spiro atoms. The highest BCUT2D eigenvalue weighted by Gasteiger charge is 2.23. The molecule has 1 aliphatic rings. The number of carbonyl (C=O) groups is 1. The fourth-order valence-corrected chi connectivity index (χ4v) is 3.98. The molecule has 0 bridgehead atoms. The lowest BCUT2D eigenvalue weighted by Gasteiger charge is -2.29. The number of rotatable bonds is 7. The monoisotopic (exact) mass is 423 g/mol. The number of hydrogen-bond donors (Lipinski definition) is 0. The molecule has 0 saturated heterocycles. The van der Waals surface area contributed by atoms with Gasteiger partial charge in [0.15, 0.2) is 0 Å². The molecule has 0 fully saturated rings. The molecule has 0 radical (unpaired) electrons. The normalized spacial score (nSPS) is 17.5. The van der Waals surface area contributed by atoms with E-state index < -0.39 is 11.8 Å². The topological polar surface area (TPSA) is 38.8 Å². The molecule has 0 heterocycles. The van der Waals surface area contributed by atoms with Gasteiger partial charge in [-0.25, -0.2) is 9.18 Å². The van der Waals surface area contributed by atoms with Gasteiger partial charge in [-0.05, 0) is 80.8 Å². The van der Waals surface area contributed by atoms with Gasteiger partial charge in [0.1, 0.15) is 11.6 Å². The van der Waals surface area contributed by atoms with Crippen molar-refractivity contribution >= 4 is 17.6 Å². The zero-order chi connectivity index (χ0) is 22.4. The van der Waals surface area contributed by atoms with Crippen LogP contribution in [0.5, 0.6) is 5.75 Å². The molecule has 1 atom stereocenters. The molecule has 0 amide bonds. The lowest BCUT2D eigenvalue weighted by Crippen LogP contribution is -2.24. The van der Waals surface area contributed by atoms with Gasteiger partial charge in [-0.1, -0.05) is 30.3 Å². The van der Waals surface area contributed by atoms with Gasteiger partial charge in [0.25, 0.3) is 0 Å². The van der Waals surface area contributed by atoms with Crippen LogP contribution in [0.15, 0.2) is 54.1 Å². The van der Waals surface area contributed by atoms with Crippen LogP contribution in [0.1, 0.15) is 41.3 Å². The third-order valence-corrected chi connectivity index (χ3v) is 5.42. The number of halogens is 1. The highest BCUT2D eigenvalue weighted by Crippen LogP contribution is 2.37. The van der Waals surface area contributed by atoms with Crippen LogP contribution in [-0.2, 0) is 4.74 Å². The molecule has 2 aromatic rings. The number of esters is 1. The molecular weight excluding hydrogens is 393 g/mol. The first-order chi connectivity index (χ1) is 14.9. The van der Waals surface area contributed by atoms with Crippen molar-refractivity contribution < 1.29 is 18.7 Å². The first kappa shape index (κ1) is 22.8. The molecule has 3 rings (SSSR count). The standard InChI is InChI=1S/C26H30FNO3/c1-5-31-26(29)23-11-7-9-20(25(23)27)14-18-12-13-21(17-28(2)3)24(15-18)19-8-6-10-22(16-19)30-4/h6-11,14-16,21H,5,12-13,17H2,1-4H3/b18-14-/t21-/m1/s1. The lowest BCUT2D eigenvalue weighted by atomic mass is 9.81. The summed E-state index contributed by atoms with van der Waals surface area (Å²) < 4.78 is 25.4. The Morgan fingerprint density at radius 2 is 2.00 bits per heavy atom. The molecule has 4 nitrogen and oxygen atoms in total. The molecule has 0 N–H and O–H groups in total. The van der Waals surface area contributed by atoms with Crippen molar-refractivity contribution in [2.24, 2.45) is 5.92 Å². The Labute approximate surface area is 184 Å². The van der Waals surface area contributed by atoms with Crippen LogP contribution in [-0.4, -0.2) is 45.2 Å². The van der Waals surface area contributed by atoms with Crippen molar-refractivity contribution in [3.8, 4) is 5.75 Å². The molecule has 1 aliphatic carbocycles. The molecule has 5 heteroatoms. The smallest absolute Gasteiger partial charge is 0.341 e. The minimum absolute atomic E-state index is 0.0329. The molecule has 0 saturated carbocycles. The number of allylic oxidation sites excluding steroid dienone is 2. The average Bonchev–Trinajstić information content (AvgIpc) is 2.76. The number of carbonyl (C=O) groups excluding carboxylic acids is 1. The van der Waals surface area contributed by atoms with Gasteiger partial charge in [0, 0.05) is 12.1 Å². The van der Waals surface area contributed by atoms with Gasteiger partial charge in [0.2, 0.25) is 0 Å². The van der Waals surface area contributed by atoms with E-state index in [1.165, 1.54) is 11.6 Å². The Hall–Kier alpha value is -2.92. The Balaban J connectivity index is 2.01. The maximum absolute atomic E-state index is 15.0. The fraction of sp³-hybridized carbons (Fsp3) is 0.346. The molecule has 31 heavy (non-hydrogen) atoms. The summed E-state index contributed by atoms with van der Waals surface area (Å²) in [6.07, 6.45) is 5.80. The van der Waals surface area contributed by atoms with Crippen molar-refractivity contribution in [2.75, 3.05) is 34.4 Å². The highest BCUT2D eigenvalue weighted by atomic mass is 19.1. The van der Waals surface area contributed by atoms with Crippen LogP contribution in [0.2, 0.25) is 0 Å². The first-order valence-corrected chi connectivity index (χ1v) is 10.6. The zero-order valence-corrected chi connectivity index (χ0v) is 18.7. The van der Waals surface area contributed by atoms with E-state index >= 15 is 0 Å². The van der Waals surface area contributed by atoms with Crippen LogP contribution >= 0.6 is 0 Å². The Bertz CT molecular complexity index is 994. The minimum atomic E-state index is -0.637. The van der Waals surface area contributed by atoms with E-state index in [1.807, 2.05) is 24.3 Å². The number of hydrogen-bond acceptors (Lipinski definition) is 4. The Kier molecular flexibility index (Phi) is 7.64. The summed E-state index contributed by atoms with van der Waals surface area (Å²) in [6, 6.07) is 12.9. The van der Waals surface area contributed by atoms with E-state index in [-0.39, 0.29) is 12.2 Å². The van der Waals surface area contributed by atoms with E-state index in [4.69, 9.17) is 9.47 Å². The lowest BCUT2D eigenvalue weighted by molar-refractivity contribution is 0.0521. The SMILES string of the molecule is CCOC(=O)c1cccc(/C=C2\C=C(c3cccc(OC)c3)[C@@H](CN(C)C)CC2)c1F. The molecule has 0 unspecified atom stereocenters. The molecule has 2 aromatic carbocycles. The second-order valence-corrected chi connectivity index (χ2v) is 7.98. The van der Waals surface area contributed by atoms with Gasteiger partial charge in [-0.3, -0.25) is 0 Å². The third kappa shape index (κ3) is 5.61. The van der Waals surface area contributed by atoms with Crippen LogP contribution in [0.25, 0.3) is 11.6 Å². The summed E-state index contributed by atoms with van der Waals surface area (Å²) in [6.45, 7) is 2.85. The maximum atomic E-state index is 15.0. The first-order valence-electron chi connectivity index (χ1n) is 10.6. The number of benzene rings is 2. The van der Waals surface area contributed by atoms with Gasteiger partial charge in [-0.15, -0.1) is 0 Å². The van der Waals surface area contributed by atoms with Crippen molar-refractivity contribution in [1.29, 1.82) is 0 Å². The van der Waals surface area contributed by atoms with Crippen LogP contribution < -0.4 is 4.74 Å². The predicted molar refractivity (Wildman–Crippen MR) is 123 cm³/mol. The molecular formula is C26H30FNO3. The number of methoxy groups -OCH3 is 1. The van der Waals surface area contributed by atoms with Crippen molar-refractivity contribution in [2.45, 2.75) is 19.8 Å². The number of nitrogens with zero attached hydrogens (tertiary/aromatic N) is 1. The average molecular weight is 424 g/mol. The molecule has 164 valence electrons. The van der Waals surface area contributed by atoms with Gasteiger partial charge in [0.05, 0.1) is 19.3 Å². The third-order valence-electron chi connectivity index (χ3n) is 5.42. The molecule has 0 aromatic heterocycles. The van der Waals surface area contributed by atoms with E-state index in [1.54, 1.807) is 26.2 Å². The van der Waals surface area contributed by atoms with Gasteiger partial charge >= 0.3 is 5.97 Å². The fourth-order valence-electron chi connectivity index (χ4n) is 3.98. The summed E-state index contributed by atoms with van der Waals surface area (Å²) in [4.78, 5) is 14.2. The predicted octanol–water partition coefficient (Wildman–Crippen LogP) is 5.45. The molecule has 0 aliphatic heterocycles. The summed E-state index contributed by atoms with van der Waals surface area (Å²) in [7, 11) is 5.81. The Morgan fingerprint density at radius 1 is 1.23 bits per heavy atom. The van der Waals surface area contributed by atoms with Crippen LogP contribution in [0.3, 0.4) is 0 Å². The summed E-state index contributed by atoms with van der Waals surface area (Å²) >= 11 is 0. The summed E-state index contributed by atoms with van der Waals surface area (Å²) in [5, 5.41) is 0. The van der Waals surface area contributed by atoms with E-state index in [9.17, 15) is 9.18 Å². The van der Waals surface area contributed by atoms with Crippen molar-refractivity contribution in [3.63, 3.8) is 0 Å². The van der Waals surface area contributed by atoms with Crippen molar-refractivity contribution in [3.05, 3.63) is 76.6 Å². The highest BCUT2D eigenvalue weighted by molar-refractivity contribution is 5.90. The van der Waals surface area contributed by atoms with Gasteiger partial charge < -0.3 is 14.4 Å². The summed E-state index contributed by atoms with van der Waals surface area (Å²) in [5.74, 6) is 0.00371. The van der Waals surface area contributed by atoms with Gasteiger partial charge in [-0.2, -0.15) is 0 Å².